The van der Waals surface area contributed by atoms with Crippen LogP contribution in [-0.4, -0.2) is 57.7 Å². The number of aliphatic imine (C=N–C) groups is 1. The average molecular weight is 375 g/mol. The first-order valence-corrected chi connectivity index (χ1v) is 8.08. The summed E-state index contributed by atoms with van der Waals surface area (Å²) in [6.07, 6.45) is -3.61. The smallest absolute Gasteiger partial charge is 0.437 e. The van der Waals surface area contributed by atoms with E-state index in [1.54, 1.807) is 48.5 Å². The predicted molar refractivity (Wildman–Crippen MR) is 93.9 cm³/mol. The second kappa shape index (κ2) is 9.37. The van der Waals surface area contributed by atoms with Gasteiger partial charge in [0.05, 0.1) is 0 Å². The lowest BCUT2D eigenvalue weighted by atomic mass is 10.1. The molecule has 0 aliphatic heterocycles. The molecule has 26 heavy (non-hydrogen) atoms. The maximum absolute atomic E-state index is 11.9. The summed E-state index contributed by atoms with van der Waals surface area (Å²) in [6.45, 7) is 11.5. The molecule has 0 aliphatic carbocycles. The number of hydrogen-bond donors (Lipinski definition) is 4. The minimum Gasteiger partial charge on any atom is -0.479 e. The highest BCUT2D eigenvalue weighted by atomic mass is 16.6. The lowest BCUT2D eigenvalue weighted by Gasteiger charge is -2.22. The fourth-order valence-corrected chi connectivity index (χ4v) is 1.60. The summed E-state index contributed by atoms with van der Waals surface area (Å²) in [6, 6.07) is -0.628. The molecule has 10 heteroatoms. The number of hydrogen-bond acceptors (Lipinski definition) is 6. The molecule has 10 nitrogen and oxygen atoms in total. The number of carbonyl (C=O) groups is 3. The van der Waals surface area contributed by atoms with E-state index in [4.69, 9.17) is 14.6 Å². The van der Waals surface area contributed by atoms with Gasteiger partial charge in [0.25, 0.3) is 0 Å². The van der Waals surface area contributed by atoms with Gasteiger partial charge < -0.3 is 25.0 Å². The summed E-state index contributed by atoms with van der Waals surface area (Å²) < 4.78 is 10.1. The van der Waals surface area contributed by atoms with E-state index in [-0.39, 0.29) is 12.4 Å². The molecule has 4 N–H and O–H groups in total. The van der Waals surface area contributed by atoms with Gasteiger partial charge in [0.2, 0.25) is 5.96 Å². The Hall–Kier alpha value is -2.36. The van der Waals surface area contributed by atoms with Gasteiger partial charge in [-0.3, -0.25) is 5.32 Å². The third-order valence-electron chi connectivity index (χ3n) is 2.46. The van der Waals surface area contributed by atoms with Crippen molar-refractivity contribution in [3.8, 4) is 0 Å². The minimum atomic E-state index is -1.61. The van der Waals surface area contributed by atoms with Crippen molar-refractivity contribution in [1.29, 1.82) is 0 Å². The molecule has 0 saturated carbocycles. The number of guanidine groups is 1. The minimum absolute atomic E-state index is 0.182. The van der Waals surface area contributed by atoms with Gasteiger partial charge in [0.15, 0.2) is 6.10 Å². The number of alkyl carbamates (subject to hydrolysis) is 1. The molecule has 0 saturated heterocycles. The number of aliphatic hydroxyl groups is 1. The molecule has 0 aromatic carbocycles. The number of carboxylic acids is 1. The van der Waals surface area contributed by atoms with E-state index >= 15 is 0 Å². The Morgan fingerprint density at radius 3 is 1.96 bits per heavy atom. The van der Waals surface area contributed by atoms with Crippen LogP contribution in [0, 0.1) is 0 Å². The third-order valence-corrected chi connectivity index (χ3v) is 2.46. The first-order chi connectivity index (χ1) is 11.6. The molecule has 0 aromatic rings. The highest BCUT2D eigenvalue weighted by Crippen LogP contribution is 2.09. The summed E-state index contributed by atoms with van der Waals surface area (Å²) in [5, 5.41) is 23.1. The molecule has 0 bridgehead atoms. The zero-order valence-corrected chi connectivity index (χ0v) is 16.2. The fourth-order valence-electron chi connectivity index (χ4n) is 1.60. The molecule has 0 heterocycles. The summed E-state index contributed by atoms with van der Waals surface area (Å²) in [5.41, 5.74) is -1.56. The number of nitrogens with one attached hydrogen (secondary N) is 2. The van der Waals surface area contributed by atoms with Crippen LogP contribution >= 0.6 is 0 Å². The van der Waals surface area contributed by atoms with Crippen LogP contribution in [0.3, 0.4) is 0 Å². The van der Waals surface area contributed by atoms with Crippen LogP contribution in [0.4, 0.5) is 9.59 Å². The van der Waals surface area contributed by atoms with Crippen molar-refractivity contribution in [3.63, 3.8) is 0 Å². The summed E-state index contributed by atoms with van der Waals surface area (Å²) >= 11 is 0. The van der Waals surface area contributed by atoms with E-state index in [1.807, 2.05) is 0 Å². The van der Waals surface area contributed by atoms with Gasteiger partial charge in [-0.05, 0) is 48.5 Å². The Balaban J connectivity index is 5.18. The van der Waals surface area contributed by atoms with E-state index < -0.39 is 41.5 Å². The molecular formula is C16H29N3O7. The lowest BCUT2D eigenvalue weighted by Crippen LogP contribution is -2.48. The Bertz CT molecular complexity index is 547. The predicted octanol–water partition coefficient (Wildman–Crippen LogP) is 1.62. The molecule has 0 radical (unpaired) electrons. The van der Waals surface area contributed by atoms with Crippen LogP contribution in [0.1, 0.15) is 54.9 Å². The van der Waals surface area contributed by atoms with Gasteiger partial charge >= 0.3 is 18.2 Å². The molecule has 150 valence electrons. The molecule has 0 fully saturated rings. The highest BCUT2D eigenvalue weighted by molar-refractivity contribution is 5.99. The first-order valence-electron chi connectivity index (χ1n) is 8.08. The van der Waals surface area contributed by atoms with E-state index in [1.165, 1.54) is 0 Å². The Morgan fingerprint density at radius 2 is 1.54 bits per heavy atom. The SMILES string of the molecule is CC(CC(O)C(=O)O)N/C(=N/C(=O)OC(C)(C)C)NC(=O)OC(C)(C)C. The second-order valence-electron chi connectivity index (χ2n) is 7.70. The summed E-state index contributed by atoms with van der Waals surface area (Å²) in [5.74, 6) is -1.66. The maximum atomic E-state index is 11.9. The van der Waals surface area contributed by atoms with E-state index in [2.05, 4.69) is 15.6 Å². The molecule has 0 rings (SSSR count). The van der Waals surface area contributed by atoms with Gasteiger partial charge in [0, 0.05) is 12.5 Å². The number of carbonyl (C=O) groups excluding carboxylic acids is 2. The molecular weight excluding hydrogens is 346 g/mol. The zero-order valence-electron chi connectivity index (χ0n) is 16.2. The molecule has 0 spiro atoms. The van der Waals surface area contributed by atoms with Gasteiger partial charge in [-0.25, -0.2) is 14.4 Å². The average Bonchev–Trinajstić information content (AvgIpc) is 2.32. The van der Waals surface area contributed by atoms with Crippen molar-refractivity contribution in [2.45, 2.75) is 78.2 Å². The Kier molecular flexibility index (Phi) is 8.52. The molecule has 2 amide bonds. The van der Waals surface area contributed by atoms with Crippen molar-refractivity contribution in [2.75, 3.05) is 0 Å². The number of aliphatic carboxylic acids is 1. The summed E-state index contributed by atoms with van der Waals surface area (Å²) in [7, 11) is 0. The Labute approximate surface area is 153 Å². The largest absolute Gasteiger partial charge is 0.479 e. The van der Waals surface area contributed by atoms with Crippen molar-refractivity contribution in [3.05, 3.63) is 0 Å². The monoisotopic (exact) mass is 375 g/mol. The van der Waals surface area contributed by atoms with Crippen molar-refractivity contribution < 1.29 is 34.1 Å². The summed E-state index contributed by atoms with van der Waals surface area (Å²) in [4.78, 5) is 38.1. The third kappa shape index (κ3) is 12.1. The number of rotatable bonds is 4. The van der Waals surface area contributed by atoms with E-state index in [0.29, 0.717) is 0 Å². The molecule has 0 aliphatic rings. The Morgan fingerprint density at radius 1 is 1.04 bits per heavy atom. The van der Waals surface area contributed by atoms with Crippen molar-refractivity contribution >= 4 is 24.1 Å². The van der Waals surface area contributed by atoms with Gasteiger partial charge in [-0.1, -0.05) is 0 Å². The molecule has 2 unspecified atom stereocenters. The van der Waals surface area contributed by atoms with E-state index in [9.17, 15) is 19.5 Å². The van der Waals surface area contributed by atoms with Gasteiger partial charge in [-0.15, -0.1) is 4.99 Å². The number of carboxylic acid groups (broad SMARTS) is 1. The zero-order chi connectivity index (χ0) is 20.7. The second-order valence-corrected chi connectivity index (χ2v) is 7.70. The number of ether oxygens (including phenoxy) is 2. The fraction of sp³-hybridized carbons (Fsp3) is 0.750. The van der Waals surface area contributed by atoms with Crippen LogP contribution in [0.15, 0.2) is 4.99 Å². The van der Waals surface area contributed by atoms with Crippen LogP contribution in [-0.2, 0) is 14.3 Å². The van der Waals surface area contributed by atoms with Crippen LogP contribution in [0.5, 0.6) is 0 Å². The number of nitrogens with zero attached hydrogens (tertiary/aromatic N) is 1. The molecule has 0 aromatic heterocycles. The topological polar surface area (TPSA) is 147 Å². The number of aliphatic hydroxyl groups excluding tert-OH is 1. The normalized spacial score (nSPS) is 14.8. The van der Waals surface area contributed by atoms with Crippen molar-refractivity contribution in [2.24, 2.45) is 4.99 Å². The van der Waals surface area contributed by atoms with Gasteiger partial charge in [0.1, 0.15) is 11.2 Å². The van der Waals surface area contributed by atoms with E-state index in [0.717, 1.165) is 0 Å². The quantitative estimate of drug-likeness (QED) is 0.428. The highest BCUT2D eigenvalue weighted by Gasteiger charge is 2.22. The van der Waals surface area contributed by atoms with Crippen LogP contribution in [0.2, 0.25) is 0 Å². The van der Waals surface area contributed by atoms with Crippen molar-refractivity contribution in [1.82, 2.24) is 10.6 Å². The number of amides is 2. The maximum Gasteiger partial charge on any atom is 0.437 e. The first kappa shape index (κ1) is 23.6. The van der Waals surface area contributed by atoms with Crippen LogP contribution in [0.25, 0.3) is 0 Å². The molecule has 2 atom stereocenters. The standard InChI is InChI=1S/C16H29N3O7/c1-9(8-10(20)11(21)22)17-12(18-13(23)25-15(2,3)4)19-14(24)26-16(5,6)7/h9-10,20H,8H2,1-7H3,(H,21,22)(H2,17,18,19,23,24). The lowest BCUT2D eigenvalue weighted by molar-refractivity contribution is -0.147. The van der Waals surface area contributed by atoms with Crippen LogP contribution < -0.4 is 10.6 Å². The van der Waals surface area contributed by atoms with Gasteiger partial charge in [-0.2, -0.15) is 0 Å².